The average molecular weight is 275 g/mol. The van der Waals surface area contributed by atoms with E-state index >= 15 is 0 Å². The number of hydrogen-bond acceptors (Lipinski definition) is 1. The molecule has 6 atom stereocenters. The lowest BCUT2D eigenvalue weighted by atomic mass is 9.48. The van der Waals surface area contributed by atoms with Crippen LogP contribution in [0.2, 0.25) is 0 Å². The first kappa shape index (κ1) is 13.2. The van der Waals surface area contributed by atoms with Gasteiger partial charge in [-0.05, 0) is 73.5 Å². The maximum atomic E-state index is 11.7. The van der Waals surface area contributed by atoms with Crippen molar-refractivity contribution in [3.05, 3.63) is 0 Å². The van der Waals surface area contributed by atoms with Crippen LogP contribution in [-0.2, 0) is 4.79 Å². The van der Waals surface area contributed by atoms with E-state index in [-0.39, 0.29) is 0 Å². The largest absolute Gasteiger partial charge is 0.353 e. The number of piperidine rings is 1. The van der Waals surface area contributed by atoms with Crippen LogP contribution in [0.15, 0.2) is 0 Å². The van der Waals surface area contributed by atoms with Crippen molar-refractivity contribution in [1.82, 2.24) is 5.32 Å². The normalized spacial score (nSPS) is 54.6. The lowest BCUT2D eigenvalue weighted by molar-refractivity contribution is -0.135. The van der Waals surface area contributed by atoms with Gasteiger partial charge in [-0.2, -0.15) is 0 Å². The molecule has 4 fully saturated rings. The third kappa shape index (κ3) is 1.66. The zero-order chi connectivity index (χ0) is 14.0. The molecule has 1 unspecified atom stereocenters. The van der Waals surface area contributed by atoms with Gasteiger partial charge in [-0.15, -0.1) is 0 Å². The Bertz CT molecular complexity index is 433. The highest BCUT2D eigenvalue weighted by Crippen LogP contribution is 2.63. The fraction of sp³-hybridized carbons (Fsp3) is 0.944. The van der Waals surface area contributed by atoms with Crippen LogP contribution in [0.25, 0.3) is 0 Å². The zero-order valence-electron chi connectivity index (χ0n) is 13.1. The van der Waals surface area contributed by atoms with E-state index < -0.39 is 0 Å². The Labute approximate surface area is 123 Å². The number of hydrogen-bond donors (Lipinski definition) is 1. The summed E-state index contributed by atoms with van der Waals surface area (Å²) in [6.45, 7) is 5.06. The fourth-order valence-electron chi connectivity index (χ4n) is 6.70. The third-order valence-electron chi connectivity index (χ3n) is 7.88. The smallest absolute Gasteiger partial charge is 0.220 e. The number of carbonyl (C=O) groups excluding carboxylic acids is 1. The number of nitrogens with one attached hydrogen (secondary N) is 1. The minimum atomic E-state index is 0.299. The van der Waals surface area contributed by atoms with Crippen molar-refractivity contribution in [3.8, 4) is 0 Å². The van der Waals surface area contributed by atoms with Crippen LogP contribution in [0, 0.1) is 28.6 Å². The molecular formula is C18H29NO. The first-order valence-corrected chi connectivity index (χ1v) is 8.82. The second kappa shape index (κ2) is 4.24. The van der Waals surface area contributed by atoms with Crippen LogP contribution in [0.5, 0.6) is 0 Å². The van der Waals surface area contributed by atoms with E-state index in [0.717, 1.165) is 30.6 Å². The molecule has 4 aliphatic rings. The van der Waals surface area contributed by atoms with Gasteiger partial charge in [0, 0.05) is 12.5 Å². The minimum Gasteiger partial charge on any atom is -0.353 e. The highest BCUT2D eigenvalue weighted by Gasteiger charge is 2.57. The molecule has 1 aliphatic heterocycles. The highest BCUT2D eigenvalue weighted by atomic mass is 16.1. The minimum absolute atomic E-state index is 0.299. The van der Waals surface area contributed by atoms with Crippen molar-refractivity contribution in [2.24, 2.45) is 28.6 Å². The molecule has 3 aliphatic carbocycles. The van der Waals surface area contributed by atoms with E-state index in [4.69, 9.17) is 0 Å². The molecule has 0 spiro atoms. The maximum Gasteiger partial charge on any atom is 0.220 e. The van der Waals surface area contributed by atoms with Gasteiger partial charge in [0.15, 0.2) is 0 Å². The molecule has 1 heterocycles. The van der Waals surface area contributed by atoms with E-state index in [1.54, 1.807) is 0 Å². The van der Waals surface area contributed by atoms with Gasteiger partial charge in [0.1, 0.15) is 0 Å². The summed E-state index contributed by atoms with van der Waals surface area (Å²) >= 11 is 0. The first-order valence-electron chi connectivity index (χ1n) is 8.82. The van der Waals surface area contributed by atoms with Crippen LogP contribution >= 0.6 is 0 Å². The van der Waals surface area contributed by atoms with Crippen LogP contribution < -0.4 is 5.32 Å². The van der Waals surface area contributed by atoms with Crippen molar-refractivity contribution < 1.29 is 4.79 Å². The van der Waals surface area contributed by atoms with Gasteiger partial charge in [0.05, 0.1) is 0 Å². The second-order valence-corrected chi connectivity index (χ2v) is 8.67. The molecule has 20 heavy (non-hydrogen) atoms. The van der Waals surface area contributed by atoms with Crippen LogP contribution in [0.4, 0.5) is 0 Å². The molecule has 112 valence electrons. The molecule has 0 aromatic heterocycles. The molecule has 2 heteroatoms. The molecule has 0 bridgehead atoms. The van der Waals surface area contributed by atoms with E-state index in [0.29, 0.717) is 22.8 Å². The SMILES string of the molecule is C[C@@]12CCC[C@H]1[C@@H]1CCC3NC(=O)CC[C@]3(C)[C@H]1CC2. The quantitative estimate of drug-likeness (QED) is 0.714. The first-order chi connectivity index (χ1) is 9.53. The third-order valence-corrected chi connectivity index (χ3v) is 7.88. The summed E-state index contributed by atoms with van der Waals surface area (Å²) < 4.78 is 0. The van der Waals surface area contributed by atoms with Crippen LogP contribution in [0.1, 0.15) is 71.6 Å². The highest BCUT2D eigenvalue weighted by molar-refractivity contribution is 5.77. The Morgan fingerprint density at radius 2 is 1.85 bits per heavy atom. The van der Waals surface area contributed by atoms with Gasteiger partial charge in [0.2, 0.25) is 5.91 Å². The van der Waals surface area contributed by atoms with Crippen LogP contribution in [0.3, 0.4) is 0 Å². The molecule has 2 nitrogen and oxygen atoms in total. The van der Waals surface area contributed by atoms with E-state index in [1.807, 2.05) is 0 Å². The Hall–Kier alpha value is -0.530. The molecule has 0 radical (unpaired) electrons. The molecule has 1 amide bonds. The lowest BCUT2D eigenvalue weighted by Gasteiger charge is -2.59. The number of amides is 1. The fourth-order valence-corrected chi connectivity index (χ4v) is 6.70. The molecular weight excluding hydrogens is 246 g/mol. The monoisotopic (exact) mass is 275 g/mol. The van der Waals surface area contributed by atoms with Gasteiger partial charge < -0.3 is 5.32 Å². The second-order valence-electron chi connectivity index (χ2n) is 8.67. The molecule has 1 N–H and O–H groups in total. The number of carbonyl (C=O) groups is 1. The zero-order valence-corrected chi connectivity index (χ0v) is 13.1. The van der Waals surface area contributed by atoms with Gasteiger partial charge in [-0.1, -0.05) is 20.3 Å². The van der Waals surface area contributed by atoms with Crippen LogP contribution in [-0.4, -0.2) is 11.9 Å². The van der Waals surface area contributed by atoms with E-state index in [2.05, 4.69) is 19.2 Å². The van der Waals surface area contributed by atoms with Crippen molar-refractivity contribution in [1.29, 1.82) is 0 Å². The van der Waals surface area contributed by atoms with E-state index in [1.165, 1.54) is 44.9 Å². The summed E-state index contributed by atoms with van der Waals surface area (Å²) in [7, 11) is 0. The van der Waals surface area contributed by atoms with Gasteiger partial charge in [-0.25, -0.2) is 0 Å². The topological polar surface area (TPSA) is 29.1 Å². The molecule has 1 saturated heterocycles. The molecule has 4 rings (SSSR count). The lowest BCUT2D eigenvalue weighted by Crippen LogP contribution is -2.60. The van der Waals surface area contributed by atoms with Crippen molar-refractivity contribution in [2.45, 2.75) is 77.7 Å². The Kier molecular flexibility index (Phi) is 2.79. The predicted molar refractivity (Wildman–Crippen MR) is 80.2 cm³/mol. The maximum absolute atomic E-state index is 11.7. The summed E-state index contributed by atoms with van der Waals surface area (Å²) in [5.41, 5.74) is 1.04. The molecule has 0 aromatic carbocycles. The van der Waals surface area contributed by atoms with Crippen molar-refractivity contribution in [2.75, 3.05) is 0 Å². The Morgan fingerprint density at radius 3 is 2.70 bits per heavy atom. The Morgan fingerprint density at radius 1 is 1.00 bits per heavy atom. The summed E-state index contributed by atoms with van der Waals surface area (Å²) in [4.78, 5) is 11.7. The summed E-state index contributed by atoms with van der Waals surface area (Å²) in [5, 5.41) is 3.32. The number of rotatable bonds is 0. The summed E-state index contributed by atoms with van der Waals surface area (Å²) in [6.07, 6.45) is 11.8. The van der Waals surface area contributed by atoms with Crippen molar-refractivity contribution >= 4 is 5.91 Å². The van der Waals surface area contributed by atoms with E-state index in [9.17, 15) is 4.79 Å². The van der Waals surface area contributed by atoms with Gasteiger partial charge in [-0.3, -0.25) is 4.79 Å². The van der Waals surface area contributed by atoms with Crippen molar-refractivity contribution in [3.63, 3.8) is 0 Å². The standard InChI is InChI=1S/C18H29NO/c1-17-9-3-4-13(17)12-5-6-15-18(2,14(12)7-10-17)11-8-16(20)19-15/h12-15H,3-11H2,1-2H3,(H,19,20)/t12-,13-,14-,15?,17-,18+/m0/s1. The van der Waals surface area contributed by atoms with Gasteiger partial charge in [0.25, 0.3) is 0 Å². The predicted octanol–water partition coefficient (Wildman–Crippen LogP) is 3.90. The molecule has 0 aromatic rings. The molecule has 3 saturated carbocycles. The number of fused-ring (bicyclic) bond motifs is 5. The Balaban J connectivity index is 1.64. The van der Waals surface area contributed by atoms with Gasteiger partial charge >= 0.3 is 0 Å². The summed E-state index contributed by atoms with van der Waals surface area (Å²) in [5.74, 6) is 3.11. The average Bonchev–Trinajstić information content (AvgIpc) is 2.81. The summed E-state index contributed by atoms with van der Waals surface area (Å²) in [6, 6.07) is 0.468.